The molecule has 0 aliphatic carbocycles. The van der Waals surface area contributed by atoms with Crippen molar-refractivity contribution in [2.75, 3.05) is 19.5 Å². The fourth-order valence-corrected chi connectivity index (χ4v) is 2.35. The van der Waals surface area contributed by atoms with E-state index in [9.17, 15) is 4.79 Å². The molecule has 3 nitrogen and oxygen atoms in total. The van der Waals surface area contributed by atoms with Gasteiger partial charge >= 0.3 is 0 Å². The molecule has 0 radical (unpaired) electrons. The van der Waals surface area contributed by atoms with Crippen LogP contribution in [0.3, 0.4) is 0 Å². The van der Waals surface area contributed by atoms with Crippen LogP contribution in [0.2, 0.25) is 0 Å². The normalized spacial score (nSPS) is 12.2. The second kappa shape index (κ2) is 8.16. The van der Waals surface area contributed by atoms with E-state index in [1.807, 2.05) is 6.92 Å². The molecule has 0 aliphatic heterocycles. The van der Waals surface area contributed by atoms with E-state index in [0.717, 1.165) is 5.75 Å². The van der Waals surface area contributed by atoms with E-state index < -0.39 is 0 Å². The topological polar surface area (TPSA) is 38.3 Å². The minimum absolute atomic E-state index is 0.0664. The molecule has 1 N–H and O–H groups in total. The number of ether oxygens (including phenoxy) is 1. The van der Waals surface area contributed by atoms with Crippen molar-refractivity contribution < 1.29 is 9.53 Å². The van der Waals surface area contributed by atoms with Crippen molar-refractivity contribution >= 4 is 17.7 Å². The number of carbonyl (C=O) groups excluding carboxylic acids is 1. The maximum absolute atomic E-state index is 11.6. The van der Waals surface area contributed by atoms with Gasteiger partial charge in [-0.1, -0.05) is 29.8 Å². The van der Waals surface area contributed by atoms with Crippen LogP contribution in [0, 0.1) is 6.92 Å². The van der Waals surface area contributed by atoms with Crippen LogP contribution >= 0.6 is 11.8 Å². The Morgan fingerprint density at radius 2 is 2.06 bits per heavy atom. The molecule has 100 valence electrons. The van der Waals surface area contributed by atoms with Gasteiger partial charge in [0.05, 0.1) is 12.4 Å². The van der Waals surface area contributed by atoms with E-state index in [0.29, 0.717) is 12.4 Å². The van der Waals surface area contributed by atoms with E-state index in [1.54, 1.807) is 18.9 Å². The fraction of sp³-hybridized carbons (Fsp3) is 0.500. The maximum atomic E-state index is 11.6. The molecule has 18 heavy (non-hydrogen) atoms. The van der Waals surface area contributed by atoms with Crippen molar-refractivity contribution in [3.05, 3.63) is 35.4 Å². The van der Waals surface area contributed by atoms with Gasteiger partial charge in [-0.2, -0.15) is 0 Å². The van der Waals surface area contributed by atoms with Gasteiger partial charge in [-0.3, -0.25) is 4.79 Å². The average Bonchev–Trinajstić information content (AvgIpc) is 2.32. The summed E-state index contributed by atoms with van der Waals surface area (Å²) in [4.78, 5) is 11.6. The Morgan fingerprint density at radius 3 is 2.67 bits per heavy atom. The van der Waals surface area contributed by atoms with Gasteiger partial charge in [0.15, 0.2) is 0 Å². The zero-order valence-corrected chi connectivity index (χ0v) is 12.0. The molecule has 0 heterocycles. The highest BCUT2D eigenvalue weighted by Gasteiger charge is 2.06. The SMILES string of the molecule is COC[C@@H](C)NC(=O)CSCc1ccc(C)cc1. The molecule has 0 aromatic heterocycles. The molecular formula is C14H21NO2S. The summed E-state index contributed by atoms with van der Waals surface area (Å²) < 4.78 is 4.97. The number of benzene rings is 1. The largest absolute Gasteiger partial charge is 0.383 e. The Kier molecular flexibility index (Phi) is 6.83. The summed E-state index contributed by atoms with van der Waals surface area (Å²) in [6.07, 6.45) is 0. The molecule has 1 amide bonds. The lowest BCUT2D eigenvalue weighted by molar-refractivity contribution is -0.119. The van der Waals surface area contributed by atoms with E-state index >= 15 is 0 Å². The third-order valence-electron chi connectivity index (χ3n) is 2.45. The minimum atomic E-state index is 0.0664. The van der Waals surface area contributed by atoms with Gasteiger partial charge in [-0.05, 0) is 19.4 Å². The first kappa shape index (κ1) is 15.1. The molecule has 1 atom stereocenters. The smallest absolute Gasteiger partial charge is 0.230 e. The minimum Gasteiger partial charge on any atom is -0.383 e. The predicted molar refractivity (Wildman–Crippen MR) is 76.8 cm³/mol. The highest BCUT2D eigenvalue weighted by molar-refractivity contribution is 7.99. The van der Waals surface area contributed by atoms with Crippen LogP contribution in [0.15, 0.2) is 24.3 Å². The molecule has 0 spiro atoms. The summed E-state index contributed by atoms with van der Waals surface area (Å²) in [5.74, 6) is 1.42. The molecular weight excluding hydrogens is 246 g/mol. The van der Waals surface area contributed by atoms with Crippen molar-refractivity contribution in [2.24, 2.45) is 0 Å². The van der Waals surface area contributed by atoms with Crippen LogP contribution < -0.4 is 5.32 Å². The first-order valence-corrected chi connectivity index (χ1v) is 7.19. The van der Waals surface area contributed by atoms with Gasteiger partial charge in [0.25, 0.3) is 0 Å². The average molecular weight is 267 g/mol. The predicted octanol–water partition coefficient (Wildman–Crippen LogP) is 2.38. The zero-order chi connectivity index (χ0) is 13.4. The Labute approximate surface area is 113 Å². The van der Waals surface area contributed by atoms with E-state index in [4.69, 9.17) is 4.74 Å². The Hall–Kier alpha value is -1.00. The van der Waals surface area contributed by atoms with Crippen LogP contribution in [-0.2, 0) is 15.3 Å². The number of rotatable bonds is 7. The standard InChI is InChI=1S/C14H21NO2S/c1-11-4-6-13(7-5-11)9-18-10-14(16)15-12(2)8-17-3/h4-7,12H,8-10H2,1-3H3,(H,15,16)/t12-/m1/s1. The van der Waals surface area contributed by atoms with E-state index in [2.05, 4.69) is 36.5 Å². The van der Waals surface area contributed by atoms with E-state index in [1.165, 1.54) is 11.1 Å². The highest BCUT2D eigenvalue weighted by atomic mass is 32.2. The molecule has 1 aromatic rings. The van der Waals surface area contributed by atoms with Crippen LogP contribution in [0.25, 0.3) is 0 Å². The first-order chi connectivity index (χ1) is 8.61. The summed E-state index contributed by atoms with van der Waals surface area (Å²) in [7, 11) is 1.63. The monoisotopic (exact) mass is 267 g/mol. The van der Waals surface area contributed by atoms with Crippen LogP contribution in [0.5, 0.6) is 0 Å². The summed E-state index contributed by atoms with van der Waals surface area (Å²) >= 11 is 1.63. The number of hydrogen-bond donors (Lipinski definition) is 1. The van der Waals surface area contributed by atoms with Gasteiger partial charge in [-0.15, -0.1) is 11.8 Å². The number of amides is 1. The van der Waals surface area contributed by atoms with Crippen LogP contribution in [0.1, 0.15) is 18.1 Å². The lowest BCUT2D eigenvalue weighted by atomic mass is 10.2. The molecule has 0 saturated carbocycles. The van der Waals surface area contributed by atoms with Gasteiger partial charge < -0.3 is 10.1 Å². The second-order valence-electron chi connectivity index (χ2n) is 4.40. The summed E-state index contributed by atoms with van der Waals surface area (Å²) in [6, 6.07) is 8.47. The van der Waals surface area contributed by atoms with Crippen molar-refractivity contribution in [1.82, 2.24) is 5.32 Å². The summed E-state index contributed by atoms with van der Waals surface area (Å²) in [5, 5.41) is 2.89. The first-order valence-electron chi connectivity index (χ1n) is 6.03. The third-order valence-corrected chi connectivity index (χ3v) is 3.45. The molecule has 1 aromatic carbocycles. The quantitative estimate of drug-likeness (QED) is 0.824. The molecule has 4 heteroatoms. The maximum Gasteiger partial charge on any atom is 0.230 e. The zero-order valence-electron chi connectivity index (χ0n) is 11.2. The number of nitrogens with one attached hydrogen (secondary N) is 1. The van der Waals surface area contributed by atoms with Crippen LogP contribution in [-0.4, -0.2) is 31.4 Å². The van der Waals surface area contributed by atoms with Gasteiger partial charge in [0, 0.05) is 18.9 Å². The third kappa shape index (κ3) is 6.07. The molecule has 1 rings (SSSR count). The van der Waals surface area contributed by atoms with Gasteiger partial charge in [0.1, 0.15) is 0 Å². The Bertz CT molecular complexity index is 365. The molecule has 0 aliphatic rings. The number of hydrogen-bond acceptors (Lipinski definition) is 3. The van der Waals surface area contributed by atoms with Crippen molar-refractivity contribution in [3.63, 3.8) is 0 Å². The fourth-order valence-electron chi connectivity index (χ4n) is 1.55. The Morgan fingerprint density at radius 1 is 1.39 bits per heavy atom. The second-order valence-corrected chi connectivity index (χ2v) is 5.39. The Balaban J connectivity index is 2.21. The lowest BCUT2D eigenvalue weighted by Gasteiger charge is -2.12. The summed E-state index contributed by atoms with van der Waals surface area (Å²) in [6.45, 7) is 4.56. The number of thioether (sulfide) groups is 1. The molecule has 0 unspecified atom stereocenters. The highest BCUT2D eigenvalue weighted by Crippen LogP contribution is 2.12. The molecule has 0 saturated heterocycles. The number of methoxy groups -OCH3 is 1. The van der Waals surface area contributed by atoms with Crippen LogP contribution in [0.4, 0.5) is 0 Å². The lowest BCUT2D eigenvalue weighted by Crippen LogP contribution is -2.36. The van der Waals surface area contributed by atoms with Gasteiger partial charge in [-0.25, -0.2) is 0 Å². The number of carbonyl (C=O) groups is 1. The van der Waals surface area contributed by atoms with Crippen molar-refractivity contribution in [2.45, 2.75) is 25.6 Å². The van der Waals surface area contributed by atoms with Crippen molar-refractivity contribution in [3.8, 4) is 0 Å². The number of aryl methyl sites for hydroxylation is 1. The van der Waals surface area contributed by atoms with E-state index in [-0.39, 0.29) is 11.9 Å². The molecule has 0 fully saturated rings. The molecule has 0 bridgehead atoms. The van der Waals surface area contributed by atoms with Crippen molar-refractivity contribution in [1.29, 1.82) is 0 Å². The van der Waals surface area contributed by atoms with Gasteiger partial charge in [0.2, 0.25) is 5.91 Å². The summed E-state index contributed by atoms with van der Waals surface area (Å²) in [5.41, 5.74) is 2.51.